The van der Waals surface area contributed by atoms with Gasteiger partial charge in [0.15, 0.2) is 0 Å². The number of hydrogen-bond acceptors (Lipinski definition) is 4. The van der Waals surface area contributed by atoms with Crippen LogP contribution in [0.3, 0.4) is 0 Å². The number of rotatable bonds is 6. The van der Waals surface area contributed by atoms with Crippen LogP contribution in [0, 0.1) is 0 Å². The molecular weight excluding hydrogens is 274 g/mol. The lowest BCUT2D eigenvalue weighted by molar-refractivity contribution is 0.0586. The van der Waals surface area contributed by atoms with Crippen LogP contribution in [0.1, 0.15) is 51.3 Å². The predicted molar refractivity (Wildman–Crippen MR) is 82.4 cm³/mol. The third kappa shape index (κ3) is 2.48. The summed E-state index contributed by atoms with van der Waals surface area (Å²) in [5.74, 6) is 5.93. The quantitative estimate of drug-likeness (QED) is 0.625. The van der Waals surface area contributed by atoms with Crippen LogP contribution in [-0.4, -0.2) is 33.3 Å². The summed E-state index contributed by atoms with van der Waals surface area (Å²) in [4.78, 5) is 2.57. The summed E-state index contributed by atoms with van der Waals surface area (Å²) in [5, 5.41) is 4.95. The topological polar surface area (TPSA) is 59.1 Å². The van der Waals surface area contributed by atoms with Crippen molar-refractivity contribution in [1.29, 1.82) is 0 Å². The van der Waals surface area contributed by atoms with Crippen molar-refractivity contribution in [3.05, 3.63) is 16.9 Å². The second-order valence-corrected chi connectivity index (χ2v) is 6.01. The first-order valence-electron chi connectivity index (χ1n) is 7.49. The molecule has 0 aliphatic carbocycles. The van der Waals surface area contributed by atoms with Crippen LogP contribution in [0.2, 0.25) is 5.02 Å². The van der Waals surface area contributed by atoms with Crippen LogP contribution in [0.5, 0.6) is 0 Å². The molecule has 0 spiro atoms. The highest BCUT2D eigenvalue weighted by Gasteiger charge is 2.44. The van der Waals surface area contributed by atoms with Crippen molar-refractivity contribution in [3.63, 3.8) is 0 Å². The van der Waals surface area contributed by atoms with Crippen molar-refractivity contribution in [2.24, 2.45) is 12.9 Å². The lowest BCUT2D eigenvalue weighted by Gasteiger charge is -2.46. The Kier molecular flexibility index (Phi) is 5.07. The molecule has 0 bridgehead atoms. The van der Waals surface area contributed by atoms with E-state index in [0.717, 1.165) is 31.6 Å². The number of likely N-dealkylation sites (tertiary alicyclic amines) is 1. The van der Waals surface area contributed by atoms with Gasteiger partial charge in [0.2, 0.25) is 0 Å². The molecule has 1 fully saturated rings. The SMILES string of the molecule is CCC(CC)(C(NN)c1c(Cl)cnn1C)N1CCCC1. The zero-order valence-corrected chi connectivity index (χ0v) is 13.5. The first kappa shape index (κ1) is 15.8. The molecule has 2 heterocycles. The Morgan fingerprint density at radius 2 is 2.00 bits per heavy atom. The predicted octanol–water partition coefficient (Wildman–Crippen LogP) is 2.23. The molecule has 3 N–H and O–H groups in total. The van der Waals surface area contributed by atoms with Gasteiger partial charge >= 0.3 is 0 Å². The molecule has 1 aromatic rings. The molecule has 1 atom stereocenters. The molecule has 114 valence electrons. The molecule has 0 saturated carbocycles. The average Bonchev–Trinajstić information content (AvgIpc) is 3.09. The van der Waals surface area contributed by atoms with Crippen LogP contribution >= 0.6 is 11.6 Å². The van der Waals surface area contributed by atoms with Gasteiger partial charge < -0.3 is 0 Å². The number of halogens is 1. The monoisotopic (exact) mass is 299 g/mol. The van der Waals surface area contributed by atoms with Crippen molar-refractivity contribution >= 4 is 11.6 Å². The van der Waals surface area contributed by atoms with E-state index in [1.807, 2.05) is 11.7 Å². The zero-order chi connectivity index (χ0) is 14.8. The maximum Gasteiger partial charge on any atom is 0.0835 e. The van der Waals surface area contributed by atoms with E-state index in [2.05, 4.69) is 29.3 Å². The van der Waals surface area contributed by atoms with Crippen LogP contribution < -0.4 is 11.3 Å². The second-order valence-electron chi connectivity index (χ2n) is 5.61. The maximum atomic E-state index is 6.35. The summed E-state index contributed by atoms with van der Waals surface area (Å²) in [7, 11) is 1.92. The fourth-order valence-electron chi connectivity index (χ4n) is 3.68. The smallest absolute Gasteiger partial charge is 0.0835 e. The molecule has 1 saturated heterocycles. The third-order valence-electron chi connectivity index (χ3n) is 4.88. The summed E-state index contributed by atoms with van der Waals surface area (Å²) in [6.45, 7) is 6.73. The summed E-state index contributed by atoms with van der Waals surface area (Å²) >= 11 is 6.35. The highest BCUT2D eigenvalue weighted by Crippen LogP contribution is 2.40. The Hall–Kier alpha value is -0.620. The minimum atomic E-state index is -0.0180. The van der Waals surface area contributed by atoms with Crippen LogP contribution in [0.25, 0.3) is 0 Å². The van der Waals surface area contributed by atoms with Gasteiger partial charge in [0.1, 0.15) is 0 Å². The maximum absolute atomic E-state index is 6.35. The van der Waals surface area contributed by atoms with Gasteiger partial charge in [0.05, 0.1) is 23.0 Å². The summed E-state index contributed by atoms with van der Waals surface area (Å²) in [6.07, 6.45) is 6.28. The van der Waals surface area contributed by atoms with Crippen molar-refractivity contribution < 1.29 is 0 Å². The average molecular weight is 300 g/mol. The Labute approximate surface area is 126 Å². The lowest BCUT2D eigenvalue weighted by atomic mass is 9.81. The van der Waals surface area contributed by atoms with Gasteiger partial charge in [-0.1, -0.05) is 25.4 Å². The molecule has 6 heteroatoms. The van der Waals surface area contributed by atoms with Gasteiger partial charge in [-0.2, -0.15) is 5.10 Å². The highest BCUT2D eigenvalue weighted by atomic mass is 35.5. The van der Waals surface area contributed by atoms with Gasteiger partial charge in [-0.15, -0.1) is 0 Å². The normalized spacial score (nSPS) is 18.6. The van der Waals surface area contributed by atoms with E-state index >= 15 is 0 Å². The van der Waals surface area contributed by atoms with Gasteiger partial charge in [-0.3, -0.25) is 15.4 Å². The van der Waals surface area contributed by atoms with Crippen LogP contribution in [-0.2, 0) is 7.05 Å². The van der Waals surface area contributed by atoms with Gasteiger partial charge in [0.25, 0.3) is 0 Å². The van der Waals surface area contributed by atoms with Crippen molar-refractivity contribution in [2.75, 3.05) is 13.1 Å². The Morgan fingerprint density at radius 3 is 2.40 bits per heavy atom. The number of aromatic nitrogens is 2. The summed E-state index contributed by atoms with van der Waals surface area (Å²) in [6, 6.07) is -0.0180. The van der Waals surface area contributed by atoms with E-state index in [4.69, 9.17) is 17.4 Å². The highest BCUT2D eigenvalue weighted by molar-refractivity contribution is 6.31. The van der Waals surface area contributed by atoms with Crippen molar-refractivity contribution in [1.82, 2.24) is 20.1 Å². The van der Waals surface area contributed by atoms with E-state index in [-0.39, 0.29) is 11.6 Å². The molecular formula is C14H26ClN5. The van der Waals surface area contributed by atoms with Gasteiger partial charge in [0, 0.05) is 12.6 Å². The molecule has 0 aromatic carbocycles. The Morgan fingerprint density at radius 1 is 1.40 bits per heavy atom. The number of nitrogens with two attached hydrogens (primary N) is 1. The lowest BCUT2D eigenvalue weighted by Crippen LogP contribution is -2.57. The number of nitrogens with zero attached hydrogens (tertiary/aromatic N) is 3. The molecule has 1 unspecified atom stereocenters. The minimum absolute atomic E-state index is 0.0112. The fraction of sp³-hybridized carbons (Fsp3) is 0.786. The molecule has 1 aromatic heterocycles. The Bertz CT molecular complexity index is 415. The van der Waals surface area contributed by atoms with E-state index in [1.165, 1.54) is 12.8 Å². The van der Waals surface area contributed by atoms with Crippen molar-refractivity contribution in [3.8, 4) is 0 Å². The van der Waals surface area contributed by atoms with Gasteiger partial charge in [-0.05, 0) is 38.8 Å². The van der Waals surface area contributed by atoms with Gasteiger partial charge in [-0.25, -0.2) is 5.43 Å². The molecule has 1 aliphatic heterocycles. The molecule has 2 rings (SSSR count). The summed E-state index contributed by atoms with van der Waals surface area (Å²) in [5.41, 5.74) is 3.98. The Balaban J connectivity index is 2.44. The van der Waals surface area contributed by atoms with E-state index in [0.29, 0.717) is 5.02 Å². The number of aryl methyl sites for hydroxylation is 1. The zero-order valence-electron chi connectivity index (χ0n) is 12.7. The number of hydrogen-bond donors (Lipinski definition) is 2. The second kappa shape index (κ2) is 6.43. The number of nitrogens with one attached hydrogen (secondary N) is 1. The van der Waals surface area contributed by atoms with E-state index < -0.39 is 0 Å². The van der Waals surface area contributed by atoms with Crippen LogP contribution in [0.4, 0.5) is 0 Å². The largest absolute Gasteiger partial charge is 0.296 e. The van der Waals surface area contributed by atoms with Crippen molar-refractivity contribution in [2.45, 2.75) is 51.1 Å². The number of hydrazine groups is 1. The van der Waals surface area contributed by atoms with Crippen LogP contribution in [0.15, 0.2) is 6.20 Å². The summed E-state index contributed by atoms with van der Waals surface area (Å²) < 4.78 is 1.84. The van der Waals surface area contributed by atoms with E-state index in [1.54, 1.807) is 6.20 Å². The molecule has 0 radical (unpaired) electrons. The molecule has 20 heavy (non-hydrogen) atoms. The molecule has 5 nitrogen and oxygen atoms in total. The first-order chi connectivity index (χ1) is 9.60. The van der Waals surface area contributed by atoms with E-state index in [9.17, 15) is 0 Å². The standard InChI is InChI=1S/C14H26ClN5/c1-4-14(5-2,20-8-6-7-9-20)13(18-16)12-11(15)10-17-19(12)3/h10,13,18H,4-9,16H2,1-3H3. The third-order valence-corrected chi connectivity index (χ3v) is 5.17. The minimum Gasteiger partial charge on any atom is -0.296 e. The first-order valence-corrected chi connectivity index (χ1v) is 7.87. The molecule has 0 amide bonds. The molecule has 1 aliphatic rings. The fourth-order valence-corrected chi connectivity index (χ4v) is 3.96.